The van der Waals surface area contributed by atoms with Gasteiger partial charge < -0.3 is 15.7 Å². The molecule has 0 atom stereocenters. The van der Waals surface area contributed by atoms with Crippen molar-refractivity contribution in [1.29, 1.82) is 0 Å². The molecule has 3 N–H and O–H groups in total. The fourth-order valence-corrected chi connectivity index (χ4v) is 1.73. The minimum atomic E-state index is -0.585. The maximum absolute atomic E-state index is 9.59. The molecule has 0 unspecified atom stereocenters. The minimum absolute atomic E-state index is 0.585. The summed E-state index contributed by atoms with van der Waals surface area (Å²) < 4.78 is 0. The van der Waals surface area contributed by atoms with Crippen LogP contribution in [0.4, 0.5) is 11.5 Å². The van der Waals surface area contributed by atoms with Crippen molar-refractivity contribution in [2.75, 3.05) is 23.7 Å². The van der Waals surface area contributed by atoms with Crippen LogP contribution in [-0.4, -0.2) is 28.8 Å². The second-order valence-electron chi connectivity index (χ2n) is 4.22. The fourth-order valence-electron chi connectivity index (χ4n) is 1.73. The van der Waals surface area contributed by atoms with Crippen molar-refractivity contribution in [1.82, 2.24) is 4.98 Å². The average Bonchev–Trinajstić information content (AvgIpc) is 2.06. The lowest BCUT2D eigenvalue weighted by Crippen LogP contribution is -2.60. The van der Waals surface area contributed by atoms with Crippen LogP contribution in [-0.2, 0) is 0 Å². The van der Waals surface area contributed by atoms with Gasteiger partial charge in [0, 0.05) is 19.3 Å². The van der Waals surface area contributed by atoms with Gasteiger partial charge in [0.15, 0.2) is 5.82 Å². The van der Waals surface area contributed by atoms with E-state index in [0.29, 0.717) is 18.8 Å². The molecule has 0 spiro atoms. The van der Waals surface area contributed by atoms with E-state index >= 15 is 0 Å². The molecule has 1 fully saturated rings. The van der Waals surface area contributed by atoms with Crippen molar-refractivity contribution in [3.05, 3.63) is 17.8 Å². The van der Waals surface area contributed by atoms with Crippen molar-refractivity contribution < 1.29 is 5.11 Å². The van der Waals surface area contributed by atoms with Crippen LogP contribution in [0.5, 0.6) is 0 Å². The molecule has 0 saturated carbocycles. The van der Waals surface area contributed by atoms with Crippen molar-refractivity contribution in [2.45, 2.75) is 19.4 Å². The van der Waals surface area contributed by atoms with Gasteiger partial charge in [-0.25, -0.2) is 4.98 Å². The van der Waals surface area contributed by atoms with E-state index in [2.05, 4.69) is 4.98 Å². The number of aromatic nitrogens is 1. The van der Waals surface area contributed by atoms with Crippen molar-refractivity contribution in [3.8, 4) is 0 Å². The Hall–Kier alpha value is -1.29. The number of nitrogen functional groups attached to an aromatic ring is 1. The Morgan fingerprint density at radius 2 is 2.21 bits per heavy atom. The Morgan fingerprint density at radius 1 is 1.57 bits per heavy atom. The van der Waals surface area contributed by atoms with Crippen LogP contribution in [0.1, 0.15) is 12.5 Å². The second-order valence-corrected chi connectivity index (χ2v) is 4.22. The molecule has 1 saturated heterocycles. The molecule has 1 aliphatic heterocycles. The molecule has 4 nitrogen and oxygen atoms in total. The molecule has 0 radical (unpaired) electrons. The van der Waals surface area contributed by atoms with Gasteiger partial charge in [-0.1, -0.05) is 0 Å². The summed E-state index contributed by atoms with van der Waals surface area (Å²) in [6.45, 7) is 4.98. The number of aliphatic hydroxyl groups is 1. The predicted molar refractivity (Wildman–Crippen MR) is 56.2 cm³/mol. The summed E-state index contributed by atoms with van der Waals surface area (Å²) in [5.74, 6) is 0.788. The molecular formula is C10H15N3O. The number of nitrogens with zero attached hydrogens (tertiary/aromatic N) is 2. The Balaban J connectivity index is 2.23. The minimum Gasteiger partial charge on any atom is -0.396 e. The average molecular weight is 193 g/mol. The number of anilines is 2. The van der Waals surface area contributed by atoms with Gasteiger partial charge in [0.1, 0.15) is 0 Å². The lowest BCUT2D eigenvalue weighted by Gasteiger charge is -2.45. The third-order valence-corrected chi connectivity index (χ3v) is 2.55. The van der Waals surface area contributed by atoms with Gasteiger partial charge in [-0.3, -0.25) is 0 Å². The first-order valence-corrected chi connectivity index (χ1v) is 4.68. The van der Waals surface area contributed by atoms with E-state index in [1.807, 2.05) is 24.8 Å². The third kappa shape index (κ3) is 1.42. The lowest BCUT2D eigenvalue weighted by molar-refractivity contribution is 0.0306. The summed E-state index contributed by atoms with van der Waals surface area (Å²) in [5, 5.41) is 9.59. The molecule has 14 heavy (non-hydrogen) atoms. The van der Waals surface area contributed by atoms with Crippen LogP contribution in [0.25, 0.3) is 0 Å². The molecule has 0 amide bonds. The van der Waals surface area contributed by atoms with E-state index in [9.17, 15) is 5.11 Å². The van der Waals surface area contributed by atoms with Crippen LogP contribution in [0.2, 0.25) is 0 Å². The second kappa shape index (κ2) is 2.85. The number of β-amino-alcohol motifs (C(OH)–C–C–N with tert-alkyl or cyclic N) is 1. The summed E-state index contributed by atoms with van der Waals surface area (Å²) in [7, 11) is 0. The molecule has 0 aromatic carbocycles. The molecule has 1 aromatic heterocycles. The van der Waals surface area contributed by atoms with Crippen LogP contribution in [0, 0.1) is 6.92 Å². The van der Waals surface area contributed by atoms with Crippen LogP contribution in [0.15, 0.2) is 12.3 Å². The van der Waals surface area contributed by atoms with Crippen LogP contribution < -0.4 is 10.6 Å². The number of aryl methyl sites for hydroxylation is 1. The van der Waals surface area contributed by atoms with Gasteiger partial charge in [-0.2, -0.15) is 0 Å². The zero-order valence-corrected chi connectivity index (χ0v) is 8.49. The topological polar surface area (TPSA) is 62.4 Å². The summed E-state index contributed by atoms with van der Waals surface area (Å²) in [6.07, 6.45) is 1.74. The van der Waals surface area contributed by atoms with E-state index in [-0.39, 0.29) is 0 Å². The molecule has 2 rings (SSSR count). The summed E-state index contributed by atoms with van der Waals surface area (Å²) >= 11 is 0. The maximum atomic E-state index is 9.59. The van der Waals surface area contributed by atoms with Gasteiger partial charge >= 0.3 is 0 Å². The van der Waals surface area contributed by atoms with Crippen molar-refractivity contribution in [3.63, 3.8) is 0 Å². The van der Waals surface area contributed by atoms with E-state index in [1.165, 1.54) is 0 Å². The number of rotatable bonds is 1. The largest absolute Gasteiger partial charge is 0.396 e. The number of hydrogen-bond acceptors (Lipinski definition) is 4. The van der Waals surface area contributed by atoms with E-state index in [0.717, 1.165) is 11.4 Å². The van der Waals surface area contributed by atoms with Crippen LogP contribution >= 0.6 is 0 Å². The van der Waals surface area contributed by atoms with Crippen molar-refractivity contribution in [2.24, 2.45) is 0 Å². The van der Waals surface area contributed by atoms with Gasteiger partial charge in [-0.15, -0.1) is 0 Å². The molecule has 2 heterocycles. The van der Waals surface area contributed by atoms with E-state index < -0.39 is 5.60 Å². The molecule has 76 valence electrons. The molecular weight excluding hydrogens is 178 g/mol. The standard InChI is InChI=1S/C10H15N3O/c1-7-3-4-12-9(8(7)11)13-5-10(2,14)6-13/h3-4,14H,5-6,11H2,1-2H3. The quantitative estimate of drug-likeness (QED) is 0.683. The molecule has 0 bridgehead atoms. The van der Waals surface area contributed by atoms with Gasteiger partial charge in [0.25, 0.3) is 0 Å². The molecule has 1 aromatic rings. The zero-order chi connectivity index (χ0) is 10.3. The lowest BCUT2D eigenvalue weighted by atomic mass is 9.97. The zero-order valence-electron chi connectivity index (χ0n) is 8.49. The van der Waals surface area contributed by atoms with Crippen LogP contribution in [0.3, 0.4) is 0 Å². The van der Waals surface area contributed by atoms with Gasteiger partial charge in [-0.05, 0) is 25.5 Å². The third-order valence-electron chi connectivity index (χ3n) is 2.55. The highest BCUT2D eigenvalue weighted by Crippen LogP contribution is 2.30. The molecule has 1 aliphatic rings. The smallest absolute Gasteiger partial charge is 0.152 e. The first kappa shape index (κ1) is 9.27. The Labute approximate surface area is 83.4 Å². The fraction of sp³-hybridized carbons (Fsp3) is 0.500. The number of hydrogen-bond donors (Lipinski definition) is 2. The summed E-state index contributed by atoms with van der Waals surface area (Å²) in [6, 6.07) is 1.89. The predicted octanol–water partition coefficient (Wildman–Crippen LogP) is 0.543. The SMILES string of the molecule is Cc1ccnc(N2CC(C)(O)C2)c1N. The first-order valence-electron chi connectivity index (χ1n) is 4.68. The normalized spacial score (nSPS) is 19.2. The van der Waals surface area contributed by atoms with E-state index in [1.54, 1.807) is 6.20 Å². The van der Waals surface area contributed by atoms with Gasteiger partial charge in [0.05, 0.1) is 11.3 Å². The van der Waals surface area contributed by atoms with Crippen molar-refractivity contribution >= 4 is 11.5 Å². The highest BCUT2D eigenvalue weighted by molar-refractivity contribution is 5.67. The Bertz CT molecular complexity index is 354. The Morgan fingerprint density at radius 3 is 2.79 bits per heavy atom. The van der Waals surface area contributed by atoms with E-state index in [4.69, 9.17) is 5.73 Å². The number of pyridine rings is 1. The van der Waals surface area contributed by atoms with Gasteiger partial charge in [0.2, 0.25) is 0 Å². The summed E-state index contributed by atoms with van der Waals surface area (Å²) in [4.78, 5) is 6.20. The maximum Gasteiger partial charge on any atom is 0.152 e. The first-order chi connectivity index (χ1) is 6.49. The summed E-state index contributed by atoms with van der Waals surface area (Å²) in [5.41, 5.74) is 7.05. The molecule has 0 aliphatic carbocycles. The Kier molecular flexibility index (Phi) is 1.89. The number of nitrogens with two attached hydrogens (primary N) is 1. The highest BCUT2D eigenvalue weighted by atomic mass is 16.3. The highest BCUT2D eigenvalue weighted by Gasteiger charge is 2.38. The monoisotopic (exact) mass is 193 g/mol. The molecule has 4 heteroatoms.